The molecule has 9 atom stereocenters. The third-order valence-corrected chi connectivity index (χ3v) is 12.5. The number of carbonyl (C=O) groups is 1. The van der Waals surface area contributed by atoms with Gasteiger partial charge in [0.2, 0.25) is 0 Å². The van der Waals surface area contributed by atoms with Gasteiger partial charge in [-0.2, -0.15) is 0 Å². The van der Waals surface area contributed by atoms with Crippen molar-refractivity contribution in [1.29, 1.82) is 0 Å². The fraction of sp³-hybridized carbons (Fsp3) is 0.906. The molecule has 0 aromatic heterocycles. The predicted octanol–water partition coefficient (Wildman–Crippen LogP) is 6.19. The molecular formula is C32H54O5. The molecule has 0 aliphatic heterocycles. The second-order valence-corrected chi connectivity index (χ2v) is 15.1. The van der Waals surface area contributed by atoms with Gasteiger partial charge < -0.3 is 20.1 Å². The van der Waals surface area contributed by atoms with E-state index >= 15 is 0 Å². The second-order valence-electron chi connectivity index (χ2n) is 15.1. The smallest absolute Gasteiger partial charge is 0.302 e. The normalized spacial score (nSPS) is 42.9. The van der Waals surface area contributed by atoms with E-state index in [2.05, 4.69) is 41.5 Å². The highest BCUT2D eigenvalue weighted by Gasteiger charge is 2.66. The van der Waals surface area contributed by atoms with Crippen LogP contribution in [-0.2, 0) is 9.53 Å². The first-order chi connectivity index (χ1) is 16.9. The van der Waals surface area contributed by atoms with E-state index < -0.39 is 17.8 Å². The molecule has 2 fully saturated rings. The number of rotatable bonds is 6. The average Bonchev–Trinajstić information content (AvgIpc) is 3.07. The van der Waals surface area contributed by atoms with Crippen LogP contribution in [-0.4, -0.2) is 45.2 Å². The Morgan fingerprint density at radius 2 is 1.70 bits per heavy atom. The Labute approximate surface area is 225 Å². The van der Waals surface area contributed by atoms with Crippen LogP contribution in [0.15, 0.2) is 11.1 Å². The first-order valence-electron chi connectivity index (χ1n) is 14.9. The van der Waals surface area contributed by atoms with Gasteiger partial charge in [-0.1, -0.05) is 52.7 Å². The highest BCUT2D eigenvalue weighted by molar-refractivity contribution is 5.66. The summed E-state index contributed by atoms with van der Waals surface area (Å²) in [5, 5.41) is 32.6. The van der Waals surface area contributed by atoms with E-state index in [0.717, 1.165) is 51.4 Å². The lowest BCUT2D eigenvalue weighted by atomic mass is 9.42. The number of hydrogen-bond donors (Lipinski definition) is 3. The van der Waals surface area contributed by atoms with E-state index in [1.807, 2.05) is 0 Å². The lowest BCUT2D eigenvalue weighted by molar-refractivity contribution is -0.168. The molecule has 3 N–H and O–H groups in total. The van der Waals surface area contributed by atoms with Crippen LogP contribution in [0.2, 0.25) is 0 Å². The quantitative estimate of drug-likeness (QED) is 0.288. The van der Waals surface area contributed by atoms with E-state index in [1.165, 1.54) is 12.5 Å². The Morgan fingerprint density at radius 1 is 1.05 bits per heavy atom. The number of fused-ring (bicyclic) bond motifs is 4. The number of hydrogen-bond acceptors (Lipinski definition) is 5. The molecule has 0 aromatic carbocycles. The molecule has 5 heteroatoms. The first kappa shape index (κ1) is 29.1. The third-order valence-electron chi connectivity index (χ3n) is 12.5. The molecule has 0 heterocycles. The number of aliphatic hydroxyl groups excluding tert-OH is 2. The average molecular weight is 519 g/mol. The fourth-order valence-corrected chi connectivity index (χ4v) is 10.0. The van der Waals surface area contributed by atoms with Crippen molar-refractivity contribution in [1.82, 2.24) is 0 Å². The van der Waals surface area contributed by atoms with Crippen LogP contribution in [0.25, 0.3) is 0 Å². The maximum absolute atomic E-state index is 12.0. The molecule has 4 aliphatic rings. The maximum atomic E-state index is 12.0. The highest BCUT2D eigenvalue weighted by Crippen LogP contribution is 2.72. The van der Waals surface area contributed by atoms with Gasteiger partial charge in [0.15, 0.2) is 0 Å². The Morgan fingerprint density at radius 3 is 2.30 bits per heavy atom. The van der Waals surface area contributed by atoms with Gasteiger partial charge in [0.25, 0.3) is 0 Å². The summed E-state index contributed by atoms with van der Waals surface area (Å²) >= 11 is 0. The summed E-state index contributed by atoms with van der Waals surface area (Å²) in [4.78, 5) is 11.8. The molecule has 0 radical (unpaired) electrons. The van der Waals surface area contributed by atoms with Gasteiger partial charge in [0, 0.05) is 17.8 Å². The van der Waals surface area contributed by atoms with Crippen molar-refractivity contribution in [2.45, 2.75) is 144 Å². The van der Waals surface area contributed by atoms with Crippen molar-refractivity contribution in [3.8, 4) is 0 Å². The van der Waals surface area contributed by atoms with E-state index in [-0.39, 0.29) is 33.7 Å². The molecule has 37 heavy (non-hydrogen) atoms. The fourth-order valence-electron chi connectivity index (χ4n) is 10.0. The van der Waals surface area contributed by atoms with Crippen LogP contribution < -0.4 is 0 Å². The van der Waals surface area contributed by atoms with E-state index in [4.69, 9.17) is 4.74 Å². The summed E-state index contributed by atoms with van der Waals surface area (Å²) < 4.78 is 5.83. The molecule has 5 nitrogen and oxygen atoms in total. The molecular weight excluding hydrogens is 464 g/mol. The van der Waals surface area contributed by atoms with Crippen molar-refractivity contribution in [3.63, 3.8) is 0 Å². The third kappa shape index (κ3) is 4.34. The van der Waals surface area contributed by atoms with E-state index in [1.54, 1.807) is 19.4 Å². The first-order valence-corrected chi connectivity index (χ1v) is 14.9. The summed E-state index contributed by atoms with van der Waals surface area (Å²) in [6.45, 7) is 18.9. The van der Waals surface area contributed by atoms with Crippen molar-refractivity contribution in [3.05, 3.63) is 11.1 Å². The monoisotopic (exact) mass is 518 g/mol. The predicted molar refractivity (Wildman–Crippen MR) is 147 cm³/mol. The van der Waals surface area contributed by atoms with Gasteiger partial charge in [-0.15, -0.1) is 0 Å². The number of ether oxygens (including phenoxy) is 1. The van der Waals surface area contributed by atoms with E-state index in [9.17, 15) is 20.1 Å². The number of carbonyl (C=O) groups excluding carboxylic acids is 1. The van der Waals surface area contributed by atoms with Crippen molar-refractivity contribution in [2.75, 3.05) is 0 Å². The Bertz CT molecular complexity index is 930. The molecule has 0 spiro atoms. The van der Waals surface area contributed by atoms with Crippen molar-refractivity contribution in [2.24, 2.45) is 39.4 Å². The SMILES string of the molecule is CC(=O)OC1CCC2(C)C3=C(CCC2C1(C)C)C1(C)CCC(C(C)CCC(O)C(C)(C)O)C1(C)C(O)C3. The lowest BCUT2D eigenvalue weighted by Crippen LogP contribution is -2.58. The van der Waals surface area contributed by atoms with Crippen molar-refractivity contribution < 1.29 is 24.9 Å². The summed E-state index contributed by atoms with van der Waals surface area (Å²) in [5.74, 6) is 0.995. The molecule has 2 saturated carbocycles. The minimum atomic E-state index is -1.09. The van der Waals surface area contributed by atoms with Crippen LogP contribution in [0.4, 0.5) is 0 Å². The van der Waals surface area contributed by atoms with Gasteiger partial charge in [-0.3, -0.25) is 4.79 Å². The summed E-state index contributed by atoms with van der Waals surface area (Å²) in [7, 11) is 0. The Balaban J connectivity index is 1.64. The zero-order valence-corrected chi connectivity index (χ0v) is 25.0. The molecule has 0 aromatic rings. The Kier molecular flexibility index (Phi) is 7.34. The minimum Gasteiger partial charge on any atom is -0.462 e. The molecule has 212 valence electrons. The van der Waals surface area contributed by atoms with Gasteiger partial charge >= 0.3 is 5.97 Å². The molecule has 0 amide bonds. The second kappa shape index (κ2) is 9.34. The lowest BCUT2D eigenvalue weighted by Gasteiger charge is -2.63. The molecule has 0 saturated heterocycles. The zero-order valence-electron chi connectivity index (χ0n) is 25.0. The summed E-state index contributed by atoms with van der Waals surface area (Å²) in [6.07, 6.45) is 7.27. The highest BCUT2D eigenvalue weighted by atomic mass is 16.5. The molecule has 4 aliphatic carbocycles. The van der Waals surface area contributed by atoms with Gasteiger partial charge in [0.1, 0.15) is 6.10 Å². The number of esters is 1. The van der Waals surface area contributed by atoms with E-state index in [0.29, 0.717) is 24.2 Å². The van der Waals surface area contributed by atoms with Crippen LogP contribution in [0.5, 0.6) is 0 Å². The topological polar surface area (TPSA) is 87.0 Å². The van der Waals surface area contributed by atoms with Crippen LogP contribution in [0.1, 0.15) is 120 Å². The molecule has 4 rings (SSSR count). The zero-order chi connectivity index (χ0) is 27.8. The number of aliphatic hydroxyl groups is 3. The van der Waals surface area contributed by atoms with Gasteiger partial charge in [0.05, 0.1) is 17.8 Å². The maximum Gasteiger partial charge on any atom is 0.302 e. The molecule has 0 bridgehead atoms. The van der Waals surface area contributed by atoms with Crippen LogP contribution in [0, 0.1) is 39.4 Å². The van der Waals surface area contributed by atoms with Crippen LogP contribution >= 0.6 is 0 Å². The summed E-state index contributed by atoms with van der Waals surface area (Å²) in [5.41, 5.74) is 1.74. The largest absolute Gasteiger partial charge is 0.462 e. The minimum absolute atomic E-state index is 0.0274. The van der Waals surface area contributed by atoms with Gasteiger partial charge in [-0.05, 0) is 100 Å². The molecule has 9 unspecified atom stereocenters. The summed E-state index contributed by atoms with van der Waals surface area (Å²) in [6, 6.07) is 0. The standard InChI is InChI=1S/C32H54O5/c1-19(10-13-25(34)29(5,6)36)21-14-17-31(8)22-11-12-24-28(3,4)27(37-20(2)33)15-16-30(24,7)23(22)18-26(35)32(21,31)9/h19,21,24-27,34-36H,10-18H2,1-9H3. The van der Waals surface area contributed by atoms with Crippen molar-refractivity contribution >= 4 is 5.97 Å². The Hall–Kier alpha value is -0.910. The number of allylic oxidation sites excluding steroid dienone is 1. The van der Waals surface area contributed by atoms with Crippen LogP contribution in [0.3, 0.4) is 0 Å². The van der Waals surface area contributed by atoms with Gasteiger partial charge in [-0.25, -0.2) is 0 Å².